The molecular weight excluding hydrogens is 288 g/mol. The van der Waals surface area contributed by atoms with Crippen LogP contribution in [0.4, 0.5) is 0 Å². The molecule has 2 rings (SSSR count). The van der Waals surface area contributed by atoms with E-state index >= 15 is 0 Å². The lowest BCUT2D eigenvalue weighted by Crippen LogP contribution is -2.17. The predicted octanol–water partition coefficient (Wildman–Crippen LogP) is 2.95. The molecule has 0 aliphatic carbocycles. The van der Waals surface area contributed by atoms with Crippen molar-refractivity contribution >= 4 is 28.8 Å². The van der Waals surface area contributed by atoms with Gasteiger partial charge in [0.05, 0.1) is 29.4 Å². The van der Waals surface area contributed by atoms with Crippen molar-refractivity contribution in [2.24, 2.45) is 0 Å². The largest absolute Gasteiger partial charge is 0.481 e. The highest BCUT2D eigenvalue weighted by molar-refractivity contribution is 7.99. The van der Waals surface area contributed by atoms with E-state index in [1.807, 2.05) is 39.0 Å². The lowest BCUT2D eigenvalue weighted by atomic mass is 10.2. The quantitative estimate of drug-likeness (QED) is 0.797. The molecule has 1 aromatic heterocycles. The van der Waals surface area contributed by atoms with Crippen molar-refractivity contribution in [3.63, 3.8) is 0 Å². The van der Waals surface area contributed by atoms with Gasteiger partial charge >= 0.3 is 5.97 Å². The fraction of sp³-hybridized carbons (Fsp3) is 0.467. The topological polar surface area (TPSA) is 64.3 Å². The Morgan fingerprint density at radius 1 is 1.52 bits per heavy atom. The van der Waals surface area contributed by atoms with Crippen LogP contribution in [-0.4, -0.2) is 39.1 Å². The van der Waals surface area contributed by atoms with Crippen LogP contribution in [0.2, 0.25) is 0 Å². The van der Waals surface area contributed by atoms with Crippen LogP contribution in [0.5, 0.6) is 0 Å². The summed E-state index contributed by atoms with van der Waals surface area (Å²) in [6.45, 7) is 7.34. The van der Waals surface area contributed by atoms with Gasteiger partial charge in [0, 0.05) is 6.61 Å². The van der Waals surface area contributed by atoms with E-state index in [-0.39, 0.29) is 11.9 Å². The molecule has 1 atom stereocenters. The maximum Gasteiger partial charge on any atom is 0.313 e. The highest BCUT2D eigenvalue weighted by Gasteiger charge is 2.16. The van der Waals surface area contributed by atoms with Gasteiger partial charge in [0.25, 0.3) is 0 Å². The van der Waals surface area contributed by atoms with E-state index in [0.717, 1.165) is 21.8 Å². The van der Waals surface area contributed by atoms with Gasteiger partial charge in [0.1, 0.15) is 0 Å². The fourth-order valence-corrected chi connectivity index (χ4v) is 3.08. The van der Waals surface area contributed by atoms with Crippen LogP contribution in [0.25, 0.3) is 11.0 Å². The van der Waals surface area contributed by atoms with Gasteiger partial charge in [-0.1, -0.05) is 23.9 Å². The average Bonchev–Trinajstić information content (AvgIpc) is 2.76. The molecule has 0 amide bonds. The number of fused-ring (bicyclic) bond motifs is 1. The normalized spacial score (nSPS) is 12.7. The highest BCUT2D eigenvalue weighted by atomic mass is 32.2. The Labute approximate surface area is 128 Å². The number of aryl methyl sites for hydroxylation is 1. The number of aliphatic carboxylic acids is 1. The number of benzene rings is 1. The molecule has 0 saturated carbocycles. The standard InChI is InChI=1S/C15H20N2O3S/c1-4-20-11(3)8-17-14-10(2)6-5-7-12(14)16-15(17)21-9-13(18)19/h5-7,11H,4,8-9H2,1-3H3,(H,18,19). The molecule has 6 heteroatoms. The molecule has 0 radical (unpaired) electrons. The molecule has 114 valence electrons. The molecule has 0 aliphatic rings. The number of carboxylic acid groups (broad SMARTS) is 1. The van der Waals surface area contributed by atoms with Crippen LogP contribution in [0.1, 0.15) is 19.4 Å². The average molecular weight is 308 g/mol. The maximum absolute atomic E-state index is 10.8. The third kappa shape index (κ3) is 3.77. The summed E-state index contributed by atoms with van der Waals surface area (Å²) < 4.78 is 7.68. The second-order valence-electron chi connectivity index (χ2n) is 4.90. The van der Waals surface area contributed by atoms with Crippen molar-refractivity contribution in [3.8, 4) is 0 Å². The van der Waals surface area contributed by atoms with Crippen molar-refractivity contribution < 1.29 is 14.6 Å². The SMILES string of the molecule is CCOC(C)Cn1c(SCC(=O)O)nc2cccc(C)c21. The first-order chi connectivity index (χ1) is 10.0. The number of carboxylic acids is 1. The second kappa shape index (κ2) is 6.95. The zero-order chi connectivity index (χ0) is 15.4. The summed E-state index contributed by atoms with van der Waals surface area (Å²) in [4.78, 5) is 15.4. The minimum Gasteiger partial charge on any atom is -0.481 e. The van der Waals surface area contributed by atoms with Crippen LogP contribution in [0.15, 0.2) is 23.4 Å². The summed E-state index contributed by atoms with van der Waals surface area (Å²) in [6.07, 6.45) is 0.0520. The Morgan fingerprint density at radius 2 is 2.29 bits per heavy atom. The van der Waals surface area contributed by atoms with Gasteiger partial charge in [0.2, 0.25) is 0 Å². The number of aromatic nitrogens is 2. The molecule has 1 heterocycles. The molecule has 1 aromatic carbocycles. The highest BCUT2D eigenvalue weighted by Crippen LogP contribution is 2.27. The molecule has 0 bridgehead atoms. The molecule has 5 nitrogen and oxygen atoms in total. The van der Waals surface area contributed by atoms with Crippen molar-refractivity contribution in [1.82, 2.24) is 9.55 Å². The minimum absolute atomic E-state index is 0.00534. The van der Waals surface area contributed by atoms with E-state index in [4.69, 9.17) is 9.84 Å². The van der Waals surface area contributed by atoms with Crippen LogP contribution >= 0.6 is 11.8 Å². The molecule has 0 spiro atoms. The molecule has 0 fully saturated rings. The Hall–Kier alpha value is -1.53. The monoisotopic (exact) mass is 308 g/mol. The number of para-hydroxylation sites is 1. The van der Waals surface area contributed by atoms with Gasteiger partial charge in [-0.05, 0) is 32.4 Å². The summed E-state index contributed by atoms with van der Waals surface area (Å²) in [6, 6.07) is 5.96. The third-order valence-corrected chi connectivity index (χ3v) is 4.11. The summed E-state index contributed by atoms with van der Waals surface area (Å²) >= 11 is 1.25. The third-order valence-electron chi connectivity index (χ3n) is 3.15. The lowest BCUT2D eigenvalue weighted by Gasteiger charge is -2.15. The Bertz CT molecular complexity index is 639. The first-order valence-electron chi connectivity index (χ1n) is 6.95. The molecule has 0 aliphatic heterocycles. The van der Waals surface area contributed by atoms with Crippen molar-refractivity contribution in [2.45, 2.75) is 38.6 Å². The van der Waals surface area contributed by atoms with E-state index in [2.05, 4.69) is 9.55 Å². The van der Waals surface area contributed by atoms with Crippen LogP contribution in [-0.2, 0) is 16.1 Å². The van der Waals surface area contributed by atoms with E-state index in [9.17, 15) is 4.79 Å². The first kappa shape index (κ1) is 15.9. The van der Waals surface area contributed by atoms with Crippen LogP contribution in [0, 0.1) is 6.92 Å². The fourth-order valence-electron chi connectivity index (χ4n) is 2.34. The zero-order valence-electron chi connectivity index (χ0n) is 12.5. The van der Waals surface area contributed by atoms with Gasteiger partial charge in [-0.25, -0.2) is 4.98 Å². The number of imidazole rings is 1. The van der Waals surface area contributed by atoms with Crippen LogP contribution < -0.4 is 0 Å². The van der Waals surface area contributed by atoms with E-state index < -0.39 is 5.97 Å². The Kier molecular flexibility index (Phi) is 5.25. The molecular formula is C15H20N2O3S. The van der Waals surface area contributed by atoms with Crippen LogP contribution in [0.3, 0.4) is 0 Å². The summed E-state index contributed by atoms with van der Waals surface area (Å²) in [5, 5.41) is 9.61. The van der Waals surface area contributed by atoms with Crippen molar-refractivity contribution in [3.05, 3.63) is 23.8 Å². The van der Waals surface area contributed by atoms with E-state index in [0.29, 0.717) is 13.2 Å². The van der Waals surface area contributed by atoms with Crippen molar-refractivity contribution in [1.29, 1.82) is 0 Å². The molecule has 1 N–H and O–H groups in total. The van der Waals surface area contributed by atoms with Gasteiger partial charge in [-0.3, -0.25) is 4.79 Å². The molecule has 21 heavy (non-hydrogen) atoms. The number of thioether (sulfide) groups is 1. The van der Waals surface area contributed by atoms with Gasteiger partial charge in [-0.15, -0.1) is 0 Å². The van der Waals surface area contributed by atoms with E-state index in [1.54, 1.807) is 0 Å². The second-order valence-corrected chi connectivity index (χ2v) is 5.84. The van der Waals surface area contributed by atoms with Gasteiger partial charge < -0.3 is 14.4 Å². The lowest BCUT2D eigenvalue weighted by molar-refractivity contribution is -0.133. The molecule has 2 aromatic rings. The smallest absolute Gasteiger partial charge is 0.313 e. The van der Waals surface area contributed by atoms with Gasteiger partial charge in [-0.2, -0.15) is 0 Å². The first-order valence-corrected chi connectivity index (χ1v) is 7.93. The number of ether oxygens (including phenoxy) is 1. The van der Waals surface area contributed by atoms with Gasteiger partial charge in [0.15, 0.2) is 5.16 Å². The number of nitrogens with zero attached hydrogens (tertiary/aromatic N) is 2. The predicted molar refractivity (Wildman–Crippen MR) is 83.9 cm³/mol. The minimum atomic E-state index is -0.840. The molecule has 0 saturated heterocycles. The number of hydrogen-bond acceptors (Lipinski definition) is 4. The summed E-state index contributed by atoms with van der Waals surface area (Å²) in [7, 11) is 0. The Morgan fingerprint density at radius 3 is 2.95 bits per heavy atom. The maximum atomic E-state index is 10.8. The number of carbonyl (C=O) groups is 1. The zero-order valence-corrected chi connectivity index (χ0v) is 13.3. The summed E-state index contributed by atoms with van der Waals surface area (Å²) in [5.74, 6) is -0.834. The summed E-state index contributed by atoms with van der Waals surface area (Å²) in [5.41, 5.74) is 3.08. The van der Waals surface area contributed by atoms with Crippen molar-refractivity contribution in [2.75, 3.05) is 12.4 Å². The van der Waals surface area contributed by atoms with E-state index in [1.165, 1.54) is 11.8 Å². The Balaban J connectivity index is 2.40. The molecule has 1 unspecified atom stereocenters. The number of hydrogen-bond donors (Lipinski definition) is 1. The number of rotatable bonds is 7.